The lowest BCUT2D eigenvalue weighted by Gasteiger charge is -2.22. The summed E-state index contributed by atoms with van der Waals surface area (Å²) in [5, 5.41) is 0. The van der Waals surface area contributed by atoms with Crippen molar-refractivity contribution in [3.8, 4) is 11.8 Å². The van der Waals surface area contributed by atoms with Crippen molar-refractivity contribution in [2.24, 2.45) is 5.73 Å². The molecule has 3 heteroatoms. The molecular weight excluding hydrogens is 264 g/mol. The number of nitrogens with zero attached hydrogens (tertiary/aromatic N) is 1. The number of thioether (sulfide) groups is 1. The summed E-state index contributed by atoms with van der Waals surface area (Å²) in [5.41, 5.74) is 7.84. The molecule has 1 aromatic rings. The number of hydrogen-bond donors (Lipinski definition) is 1. The van der Waals surface area contributed by atoms with Crippen molar-refractivity contribution >= 4 is 11.8 Å². The summed E-state index contributed by atoms with van der Waals surface area (Å²) >= 11 is 2.09. The van der Waals surface area contributed by atoms with E-state index < -0.39 is 0 Å². The van der Waals surface area contributed by atoms with Crippen LogP contribution in [0.4, 0.5) is 0 Å². The van der Waals surface area contributed by atoms with Gasteiger partial charge >= 0.3 is 0 Å². The molecule has 0 radical (unpaired) electrons. The maximum absolute atomic E-state index is 5.42. The first-order chi connectivity index (χ1) is 9.59. The number of rotatable bonds is 2. The van der Waals surface area contributed by atoms with Crippen molar-refractivity contribution < 1.29 is 0 Å². The lowest BCUT2D eigenvalue weighted by Crippen LogP contribution is -2.26. The van der Waals surface area contributed by atoms with E-state index in [1.54, 1.807) is 0 Å². The van der Waals surface area contributed by atoms with Crippen molar-refractivity contribution in [1.29, 1.82) is 0 Å². The molecule has 1 heterocycles. The van der Waals surface area contributed by atoms with E-state index in [1.807, 2.05) is 6.07 Å². The van der Waals surface area contributed by atoms with Gasteiger partial charge in [0.2, 0.25) is 0 Å². The maximum atomic E-state index is 5.42. The fourth-order valence-corrected chi connectivity index (χ4v) is 3.52. The Morgan fingerprint density at radius 3 is 3.00 bits per heavy atom. The monoisotopic (exact) mass is 288 g/mol. The van der Waals surface area contributed by atoms with Gasteiger partial charge in [0.1, 0.15) is 0 Å². The molecule has 1 saturated heterocycles. The van der Waals surface area contributed by atoms with Crippen molar-refractivity contribution in [3.05, 3.63) is 35.4 Å². The standard InChI is InChI=1S/C17H24N2S/c1-17(2)8-10-19(11-12-20-17)14-16-6-3-5-15(13-16)7-4-9-18/h3,5-6,13H,8-12,14,18H2,1-2H3. The highest BCUT2D eigenvalue weighted by atomic mass is 32.2. The third-order valence-corrected chi connectivity index (χ3v) is 4.97. The zero-order chi connectivity index (χ0) is 14.4. The molecule has 0 bridgehead atoms. The van der Waals surface area contributed by atoms with Crippen LogP contribution in [0, 0.1) is 11.8 Å². The third kappa shape index (κ3) is 4.86. The summed E-state index contributed by atoms with van der Waals surface area (Å²) < 4.78 is 0.420. The quantitative estimate of drug-likeness (QED) is 0.849. The van der Waals surface area contributed by atoms with Crippen LogP contribution in [0.25, 0.3) is 0 Å². The second kappa shape index (κ2) is 7.17. The van der Waals surface area contributed by atoms with Crippen LogP contribution in [0.5, 0.6) is 0 Å². The molecule has 0 aliphatic carbocycles. The maximum Gasteiger partial charge on any atom is 0.0555 e. The van der Waals surface area contributed by atoms with E-state index in [0.29, 0.717) is 11.3 Å². The fraction of sp³-hybridized carbons (Fsp3) is 0.529. The fourth-order valence-electron chi connectivity index (χ4n) is 2.38. The Bertz CT molecular complexity index is 499. The van der Waals surface area contributed by atoms with Gasteiger partial charge in [0.15, 0.2) is 0 Å². The van der Waals surface area contributed by atoms with E-state index >= 15 is 0 Å². The van der Waals surface area contributed by atoms with E-state index in [0.717, 1.165) is 12.1 Å². The molecule has 0 atom stereocenters. The molecule has 0 aromatic heterocycles. The van der Waals surface area contributed by atoms with Gasteiger partial charge in [-0.25, -0.2) is 0 Å². The third-order valence-electron chi connectivity index (χ3n) is 3.60. The van der Waals surface area contributed by atoms with Gasteiger partial charge in [-0.1, -0.05) is 37.8 Å². The van der Waals surface area contributed by atoms with E-state index in [2.05, 4.69) is 60.5 Å². The molecule has 2 N–H and O–H groups in total. The SMILES string of the molecule is CC1(C)CCN(Cc2cccc(C#CCN)c2)CCS1. The zero-order valence-electron chi connectivity index (χ0n) is 12.5. The minimum absolute atomic E-state index is 0.419. The van der Waals surface area contributed by atoms with Crippen LogP contribution in [0.15, 0.2) is 24.3 Å². The number of benzene rings is 1. The predicted molar refractivity (Wildman–Crippen MR) is 88.8 cm³/mol. The Kier molecular flexibility index (Phi) is 5.54. The summed E-state index contributed by atoms with van der Waals surface area (Å²) in [7, 11) is 0. The molecule has 0 unspecified atom stereocenters. The average Bonchev–Trinajstić information content (AvgIpc) is 2.58. The molecule has 1 fully saturated rings. The average molecular weight is 288 g/mol. The largest absolute Gasteiger partial charge is 0.320 e. The van der Waals surface area contributed by atoms with Gasteiger partial charge in [0.05, 0.1) is 6.54 Å². The van der Waals surface area contributed by atoms with Gasteiger partial charge in [-0.3, -0.25) is 4.90 Å². The van der Waals surface area contributed by atoms with Gasteiger partial charge in [-0.05, 0) is 30.7 Å². The molecule has 0 amide bonds. The summed E-state index contributed by atoms with van der Waals surface area (Å²) in [6.45, 7) is 8.50. The summed E-state index contributed by atoms with van der Waals surface area (Å²) in [6, 6.07) is 8.52. The number of nitrogens with two attached hydrogens (primary N) is 1. The molecule has 108 valence electrons. The van der Waals surface area contributed by atoms with Crippen molar-refractivity contribution in [3.63, 3.8) is 0 Å². The van der Waals surface area contributed by atoms with Crippen LogP contribution in [-0.2, 0) is 6.54 Å². The van der Waals surface area contributed by atoms with E-state index in [9.17, 15) is 0 Å². The first-order valence-electron chi connectivity index (χ1n) is 7.23. The van der Waals surface area contributed by atoms with Crippen LogP contribution >= 0.6 is 11.8 Å². The highest BCUT2D eigenvalue weighted by molar-refractivity contribution is 8.00. The Labute approximate surface area is 127 Å². The topological polar surface area (TPSA) is 29.3 Å². The molecule has 0 spiro atoms. The minimum Gasteiger partial charge on any atom is -0.320 e. The smallest absolute Gasteiger partial charge is 0.0555 e. The van der Waals surface area contributed by atoms with Crippen molar-refractivity contribution in [1.82, 2.24) is 4.90 Å². The Morgan fingerprint density at radius 1 is 1.35 bits per heavy atom. The van der Waals surface area contributed by atoms with Crippen LogP contribution in [0.2, 0.25) is 0 Å². The highest BCUT2D eigenvalue weighted by Gasteiger charge is 2.23. The van der Waals surface area contributed by atoms with Crippen molar-refractivity contribution in [2.75, 3.05) is 25.4 Å². The van der Waals surface area contributed by atoms with Gasteiger partial charge in [-0.2, -0.15) is 11.8 Å². The minimum atomic E-state index is 0.419. The van der Waals surface area contributed by atoms with Crippen molar-refractivity contribution in [2.45, 2.75) is 31.6 Å². The first kappa shape index (κ1) is 15.4. The molecule has 0 saturated carbocycles. The van der Waals surface area contributed by atoms with Gasteiger partial charge < -0.3 is 5.73 Å². The lowest BCUT2D eigenvalue weighted by atomic mass is 10.1. The van der Waals surface area contributed by atoms with Crippen LogP contribution in [-0.4, -0.2) is 35.0 Å². The summed E-state index contributed by atoms with van der Waals surface area (Å²) in [4.78, 5) is 2.55. The second-order valence-electron chi connectivity index (χ2n) is 5.84. The number of hydrogen-bond acceptors (Lipinski definition) is 3. The predicted octanol–water partition coefficient (Wildman–Crippen LogP) is 2.71. The molecule has 1 aliphatic heterocycles. The molecular formula is C17H24N2S. The molecule has 2 rings (SSSR count). The Balaban J connectivity index is 1.99. The molecule has 2 nitrogen and oxygen atoms in total. The van der Waals surface area contributed by atoms with E-state index in [-0.39, 0.29) is 0 Å². The van der Waals surface area contributed by atoms with Gasteiger partial charge in [-0.15, -0.1) is 0 Å². The molecule has 1 aromatic carbocycles. The zero-order valence-corrected chi connectivity index (χ0v) is 13.3. The second-order valence-corrected chi connectivity index (χ2v) is 7.64. The van der Waals surface area contributed by atoms with Crippen LogP contribution in [0.1, 0.15) is 31.4 Å². The normalized spacial score (nSPS) is 18.9. The van der Waals surface area contributed by atoms with Crippen LogP contribution in [0.3, 0.4) is 0 Å². The molecule has 1 aliphatic rings. The Morgan fingerprint density at radius 2 is 2.20 bits per heavy atom. The van der Waals surface area contributed by atoms with Crippen LogP contribution < -0.4 is 5.73 Å². The van der Waals surface area contributed by atoms with Gasteiger partial charge in [0, 0.05) is 29.2 Å². The van der Waals surface area contributed by atoms with E-state index in [1.165, 1.54) is 30.8 Å². The summed E-state index contributed by atoms with van der Waals surface area (Å²) in [6.07, 6.45) is 1.25. The Hall–Kier alpha value is -0.950. The van der Waals surface area contributed by atoms with Gasteiger partial charge in [0.25, 0.3) is 0 Å². The first-order valence-corrected chi connectivity index (χ1v) is 8.22. The molecule has 20 heavy (non-hydrogen) atoms. The summed E-state index contributed by atoms with van der Waals surface area (Å²) in [5.74, 6) is 7.25. The lowest BCUT2D eigenvalue weighted by molar-refractivity contribution is 0.276. The highest BCUT2D eigenvalue weighted by Crippen LogP contribution is 2.31. The van der Waals surface area contributed by atoms with E-state index in [4.69, 9.17) is 5.73 Å².